The zero-order valence-corrected chi connectivity index (χ0v) is 17.4. The van der Waals surface area contributed by atoms with Crippen LogP contribution in [0.3, 0.4) is 0 Å². The van der Waals surface area contributed by atoms with Gasteiger partial charge in [-0.15, -0.1) is 0 Å². The van der Waals surface area contributed by atoms with Gasteiger partial charge in [0.2, 0.25) is 0 Å². The third-order valence-electron chi connectivity index (χ3n) is 3.83. The molecule has 0 fully saturated rings. The topological polar surface area (TPSA) is 43.4 Å². The predicted molar refractivity (Wildman–Crippen MR) is 106 cm³/mol. The van der Waals surface area contributed by atoms with Crippen LogP contribution in [-0.4, -0.2) is 27.4 Å². The van der Waals surface area contributed by atoms with Crippen LogP contribution >= 0.6 is 0 Å². The molecule has 4 heteroatoms. The largest absolute Gasteiger partial charge is 0.381 e. The first-order valence-electron chi connectivity index (χ1n) is 8.98. The maximum absolute atomic E-state index is 12.8. The van der Waals surface area contributed by atoms with Crippen molar-refractivity contribution in [1.29, 1.82) is 0 Å². The molecule has 0 spiro atoms. The lowest BCUT2D eigenvalue weighted by atomic mass is 9.90. The first-order chi connectivity index (χ1) is 11.5. The Labute approximate surface area is 154 Å². The minimum atomic E-state index is -3.30. The van der Waals surface area contributed by atoms with E-state index < -0.39 is 9.84 Å². The van der Waals surface area contributed by atoms with Crippen LogP contribution in [0.15, 0.2) is 35.2 Å². The number of rotatable bonds is 9. The smallest absolute Gasteiger partial charge is 0.178 e. The molecule has 0 unspecified atom stereocenters. The summed E-state index contributed by atoms with van der Waals surface area (Å²) in [5.41, 5.74) is 0.800. The Bertz CT molecular complexity index is 665. The molecular weight excluding hydrogens is 332 g/mol. The summed E-state index contributed by atoms with van der Waals surface area (Å²) in [6.45, 7) is 13.8. The maximum Gasteiger partial charge on any atom is 0.178 e. The molecule has 0 saturated carbocycles. The highest BCUT2D eigenvalue weighted by molar-refractivity contribution is 7.91. The van der Waals surface area contributed by atoms with E-state index in [0.717, 1.165) is 25.0 Å². The molecule has 0 amide bonds. The van der Waals surface area contributed by atoms with Crippen molar-refractivity contribution in [3.8, 4) is 0 Å². The molecular formula is C21H34O3S. The lowest BCUT2D eigenvalue weighted by Crippen LogP contribution is -2.25. The molecule has 1 rings (SSSR count). The predicted octanol–water partition coefficient (Wildman–Crippen LogP) is 5.36. The summed E-state index contributed by atoms with van der Waals surface area (Å²) in [4.78, 5) is 0.403. The lowest BCUT2D eigenvalue weighted by molar-refractivity contribution is 0.0649. The van der Waals surface area contributed by atoms with Gasteiger partial charge in [0.25, 0.3) is 0 Å². The Balaban J connectivity index is 2.63. The molecule has 3 nitrogen and oxygen atoms in total. The van der Waals surface area contributed by atoms with Crippen LogP contribution in [0.4, 0.5) is 0 Å². The van der Waals surface area contributed by atoms with E-state index in [1.807, 2.05) is 39.0 Å². The van der Waals surface area contributed by atoms with Gasteiger partial charge in [-0.2, -0.15) is 0 Å². The van der Waals surface area contributed by atoms with Gasteiger partial charge in [-0.1, -0.05) is 58.9 Å². The second-order valence-corrected chi connectivity index (χ2v) is 10.7. The Morgan fingerprint density at radius 2 is 1.80 bits per heavy atom. The molecule has 0 heterocycles. The van der Waals surface area contributed by atoms with Crippen molar-refractivity contribution < 1.29 is 13.2 Å². The summed E-state index contributed by atoms with van der Waals surface area (Å²) >= 11 is 0. The Morgan fingerprint density at radius 3 is 2.40 bits per heavy atom. The van der Waals surface area contributed by atoms with Gasteiger partial charge in [0.1, 0.15) is 0 Å². The van der Waals surface area contributed by atoms with E-state index in [-0.39, 0.29) is 16.6 Å². The van der Waals surface area contributed by atoms with Crippen LogP contribution in [-0.2, 0) is 14.6 Å². The zero-order chi connectivity index (χ0) is 19.1. The molecule has 0 radical (unpaired) electrons. The molecule has 0 aliphatic heterocycles. The van der Waals surface area contributed by atoms with Gasteiger partial charge in [-0.3, -0.25) is 0 Å². The second kappa shape index (κ2) is 9.00. The van der Waals surface area contributed by atoms with Gasteiger partial charge in [0, 0.05) is 6.61 Å². The Hall–Kier alpha value is -1.13. The molecule has 1 aromatic rings. The minimum Gasteiger partial charge on any atom is -0.381 e. The highest BCUT2D eigenvalue weighted by Crippen LogP contribution is 2.28. The van der Waals surface area contributed by atoms with Gasteiger partial charge in [-0.25, -0.2) is 8.42 Å². The second-order valence-electron chi connectivity index (χ2n) is 8.71. The van der Waals surface area contributed by atoms with Crippen LogP contribution < -0.4 is 0 Å². The molecule has 0 aliphatic rings. The third-order valence-corrected chi connectivity index (χ3v) is 5.97. The average molecular weight is 367 g/mol. The lowest BCUT2D eigenvalue weighted by Gasteiger charge is -2.25. The number of allylic oxidation sites excluding steroid dienone is 1. The molecule has 0 N–H and O–H groups in total. The van der Waals surface area contributed by atoms with Crippen LogP contribution in [0, 0.1) is 10.8 Å². The average Bonchev–Trinajstić information content (AvgIpc) is 2.45. The number of ether oxygens (including phenoxy) is 1. The third kappa shape index (κ3) is 8.68. The molecule has 0 atom stereocenters. The number of hydrogen-bond donors (Lipinski definition) is 0. The molecule has 1 aromatic carbocycles. The maximum atomic E-state index is 12.8. The zero-order valence-electron chi connectivity index (χ0n) is 16.6. The fraction of sp³-hybridized carbons (Fsp3) is 0.619. The molecule has 142 valence electrons. The van der Waals surface area contributed by atoms with E-state index in [9.17, 15) is 8.42 Å². The highest BCUT2D eigenvalue weighted by atomic mass is 32.2. The number of sulfone groups is 1. The Kier molecular flexibility index (Phi) is 7.88. The van der Waals surface area contributed by atoms with Crippen molar-refractivity contribution in [2.24, 2.45) is 10.8 Å². The number of hydrogen-bond acceptors (Lipinski definition) is 3. The standard InChI is InChI=1S/C21H34O3S/c1-7-10-18-11-8-12-19(15-18)25(22,23)17-21(5,6)13-9-14-24-16-20(2,3)4/h7-8,10-12,15H,9,13-14,16-17H2,1-6H3/b10-7-. The molecule has 25 heavy (non-hydrogen) atoms. The van der Waals surface area contributed by atoms with Crippen molar-refractivity contribution in [1.82, 2.24) is 0 Å². The van der Waals surface area contributed by atoms with E-state index in [2.05, 4.69) is 20.8 Å². The normalized spacial score (nSPS) is 13.5. The van der Waals surface area contributed by atoms with E-state index in [1.54, 1.807) is 18.2 Å². The van der Waals surface area contributed by atoms with Crippen molar-refractivity contribution >= 4 is 15.9 Å². The summed E-state index contributed by atoms with van der Waals surface area (Å²) in [7, 11) is -3.30. The molecule has 0 saturated heterocycles. The molecule has 0 aromatic heterocycles. The van der Waals surface area contributed by atoms with Gasteiger partial charge < -0.3 is 4.74 Å². The van der Waals surface area contributed by atoms with E-state index in [1.165, 1.54) is 0 Å². The fourth-order valence-corrected chi connectivity index (χ4v) is 4.65. The highest BCUT2D eigenvalue weighted by Gasteiger charge is 2.27. The first kappa shape index (κ1) is 21.9. The monoisotopic (exact) mass is 366 g/mol. The van der Waals surface area contributed by atoms with Crippen LogP contribution in [0.2, 0.25) is 0 Å². The van der Waals surface area contributed by atoms with Crippen LogP contribution in [0.1, 0.15) is 59.9 Å². The van der Waals surface area contributed by atoms with Crippen molar-refractivity contribution in [2.45, 2.75) is 59.3 Å². The van der Waals surface area contributed by atoms with E-state index in [4.69, 9.17) is 4.74 Å². The van der Waals surface area contributed by atoms with Gasteiger partial charge in [0.05, 0.1) is 17.3 Å². The fourth-order valence-electron chi connectivity index (χ4n) is 2.71. The molecule has 0 aliphatic carbocycles. The van der Waals surface area contributed by atoms with Crippen molar-refractivity contribution in [3.05, 3.63) is 35.9 Å². The van der Waals surface area contributed by atoms with Gasteiger partial charge >= 0.3 is 0 Å². The van der Waals surface area contributed by atoms with E-state index in [0.29, 0.717) is 11.5 Å². The van der Waals surface area contributed by atoms with Crippen LogP contribution in [0.25, 0.3) is 6.08 Å². The summed E-state index contributed by atoms with van der Waals surface area (Å²) in [6, 6.07) is 7.15. The number of benzene rings is 1. The van der Waals surface area contributed by atoms with Gasteiger partial charge in [-0.05, 0) is 48.3 Å². The summed E-state index contributed by atoms with van der Waals surface area (Å²) in [6.07, 6.45) is 5.52. The first-order valence-corrected chi connectivity index (χ1v) is 10.6. The summed E-state index contributed by atoms with van der Waals surface area (Å²) < 4.78 is 31.2. The quantitative estimate of drug-likeness (QED) is 0.552. The minimum absolute atomic E-state index is 0.151. The van der Waals surface area contributed by atoms with Gasteiger partial charge in [0.15, 0.2) is 9.84 Å². The van der Waals surface area contributed by atoms with Crippen molar-refractivity contribution in [2.75, 3.05) is 19.0 Å². The van der Waals surface area contributed by atoms with Crippen LogP contribution in [0.5, 0.6) is 0 Å². The Morgan fingerprint density at radius 1 is 1.12 bits per heavy atom. The summed E-state index contributed by atoms with van der Waals surface area (Å²) in [5, 5.41) is 0. The SMILES string of the molecule is C/C=C\c1cccc(S(=O)(=O)CC(C)(C)CCCOCC(C)(C)C)c1. The molecule has 0 bridgehead atoms. The van der Waals surface area contributed by atoms with E-state index >= 15 is 0 Å². The summed E-state index contributed by atoms with van der Waals surface area (Å²) in [5.74, 6) is 0.151. The van der Waals surface area contributed by atoms with Crippen molar-refractivity contribution in [3.63, 3.8) is 0 Å².